The van der Waals surface area contributed by atoms with Crippen LogP contribution in [0.2, 0.25) is 0 Å². The second kappa shape index (κ2) is 9.89. The third-order valence-corrected chi connectivity index (χ3v) is 6.07. The Morgan fingerprint density at radius 1 is 0.886 bits per heavy atom. The summed E-state index contributed by atoms with van der Waals surface area (Å²) in [5.41, 5.74) is 4.89. The Kier molecular flexibility index (Phi) is 6.34. The van der Waals surface area contributed by atoms with E-state index in [0.717, 1.165) is 47.1 Å². The fourth-order valence-electron chi connectivity index (χ4n) is 4.09. The minimum Gasteiger partial charge on any atom is -0.348 e. The average molecular weight is 465 g/mol. The Hall–Kier alpha value is -4.33. The summed E-state index contributed by atoms with van der Waals surface area (Å²) in [6, 6.07) is 20.3. The maximum absolute atomic E-state index is 4.77. The molecule has 0 amide bonds. The van der Waals surface area contributed by atoms with Crippen LogP contribution in [-0.2, 0) is 0 Å². The molecule has 0 bridgehead atoms. The molecule has 176 valence electrons. The number of nitrogens with one attached hydrogen (secondary N) is 1. The van der Waals surface area contributed by atoms with Gasteiger partial charge in [-0.3, -0.25) is 4.57 Å². The van der Waals surface area contributed by atoms with Gasteiger partial charge in [0.1, 0.15) is 12.1 Å². The van der Waals surface area contributed by atoms with Crippen LogP contribution in [-0.4, -0.2) is 42.6 Å². The quantitative estimate of drug-likeness (QED) is 0.334. The first-order chi connectivity index (χ1) is 17.2. The van der Waals surface area contributed by atoms with Crippen molar-refractivity contribution in [2.75, 3.05) is 23.3 Å². The molecule has 5 aromatic rings. The summed E-state index contributed by atoms with van der Waals surface area (Å²) in [5, 5.41) is 3.39. The SMILES string of the molecule is CCN(CC)c1nccc(-c2ccc3c(c2)ncn3-c2ccnc(N[C@@H](C)c3ccccc3)n2)n1. The summed E-state index contributed by atoms with van der Waals surface area (Å²) in [7, 11) is 0. The highest BCUT2D eigenvalue weighted by Crippen LogP contribution is 2.25. The molecule has 0 spiro atoms. The van der Waals surface area contributed by atoms with Gasteiger partial charge in [0.2, 0.25) is 11.9 Å². The van der Waals surface area contributed by atoms with Crippen LogP contribution in [0.4, 0.5) is 11.9 Å². The molecular weight excluding hydrogens is 436 g/mol. The first-order valence-corrected chi connectivity index (χ1v) is 11.9. The van der Waals surface area contributed by atoms with Gasteiger partial charge in [-0.2, -0.15) is 4.98 Å². The molecule has 5 rings (SSSR count). The number of rotatable bonds is 8. The zero-order chi connectivity index (χ0) is 24.2. The van der Waals surface area contributed by atoms with Crippen LogP contribution in [0, 0.1) is 0 Å². The van der Waals surface area contributed by atoms with Crippen LogP contribution < -0.4 is 10.2 Å². The van der Waals surface area contributed by atoms with E-state index in [9.17, 15) is 0 Å². The number of benzene rings is 2. The van der Waals surface area contributed by atoms with Gasteiger partial charge in [0, 0.05) is 31.0 Å². The first kappa shape index (κ1) is 22.5. The molecule has 8 nitrogen and oxygen atoms in total. The Balaban J connectivity index is 1.42. The fourth-order valence-corrected chi connectivity index (χ4v) is 4.09. The highest BCUT2D eigenvalue weighted by molar-refractivity contribution is 5.82. The molecule has 0 radical (unpaired) electrons. The van der Waals surface area contributed by atoms with E-state index < -0.39 is 0 Å². The lowest BCUT2D eigenvalue weighted by molar-refractivity contribution is 0.822. The van der Waals surface area contributed by atoms with Gasteiger partial charge in [0.25, 0.3) is 0 Å². The van der Waals surface area contributed by atoms with Gasteiger partial charge >= 0.3 is 0 Å². The minimum atomic E-state index is 0.0858. The molecule has 0 saturated heterocycles. The van der Waals surface area contributed by atoms with E-state index in [0.29, 0.717) is 5.95 Å². The van der Waals surface area contributed by atoms with Crippen LogP contribution >= 0.6 is 0 Å². The Labute approximate surface area is 204 Å². The number of hydrogen-bond acceptors (Lipinski definition) is 7. The van der Waals surface area contributed by atoms with Crippen LogP contribution in [0.5, 0.6) is 0 Å². The van der Waals surface area contributed by atoms with E-state index in [-0.39, 0.29) is 6.04 Å². The Morgan fingerprint density at radius 3 is 2.49 bits per heavy atom. The topological polar surface area (TPSA) is 84.7 Å². The maximum Gasteiger partial charge on any atom is 0.225 e. The molecule has 8 heteroatoms. The molecule has 3 heterocycles. The molecule has 0 aliphatic heterocycles. The van der Waals surface area contributed by atoms with Gasteiger partial charge in [-0.1, -0.05) is 36.4 Å². The van der Waals surface area contributed by atoms with Crippen LogP contribution in [0.3, 0.4) is 0 Å². The standard InChI is InChI=1S/C27H28N8/c1-4-34(5-2)27-29-15-13-22(32-27)21-11-12-24-23(17-21)30-18-35(24)25-14-16-28-26(33-25)31-19(3)20-9-7-6-8-10-20/h6-19H,4-5H2,1-3H3,(H,28,31,33)/t19-/m0/s1. The molecule has 0 aliphatic carbocycles. The smallest absolute Gasteiger partial charge is 0.225 e. The Bertz CT molecular complexity index is 1430. The second-order valence-electron chi connectivity index (χ2n) is 8.25. The maximum atomic E-state index is 4.77. The summed E-state index contributed by atoms with van der Waals surface area (Å²) in [6.07, 6.45) is 5.37. The lowest BCUT2D eigenvalue weighted by atomic mass is 10.1. The summed E-state index contributed by atoms with van der Waals surface area (Å²) >= 11 is 0. The van der Waals surface area contributed by atoms with Crippen molar-refractivity contribution in [3.05, 3.63) is 84.9 Å². The van der Waals surface area contributed by atoms with Gasteiger partial charge in [0.05, 0.1) is 22.8 Å². The largest absolute Gasteiger partial charge is 0.348 e. The number of nitrogens with zero attached hydrogens (tertiary/aromatic N) is 7. The average Bonchev–Trinajstić information content (AvgIpc) is 3.34. The van der Waals surface area contributed by atoms with Crippen molar-refractivity contribution >= 4 is 22.9 Å². The first-order valence-electron chi connectivity index (χ1n) is 11.9. The van der Waals surface area contributed by atoms with Crippen LogP contribution in [0.25, 0.3) is 28.1 Å². The zero-order valence-corrected chi connectivity index (χ0v) is 20.1. The van der Waals surface area contributed by atoms with Gasteiger partial charge < -0.3 is 10.2 Å². The van der Waals surface area contributed by atoms with Gasteiger partial charge in [-0.15, -0.1) is 0 Å². The molecule has 1 N–H and O–H groups in total. The summed E-state index contributed by atoms with van der Waals surface area (Å²) in [5.74, 6) is 2.06. The van der Waals surface area contributed by atoms with E-state index in [1.165, 1.54) is 5.56 Å². The number of anilines is 2. The predicted octanol–water partition coefficient (Wildman–Crippen LogP) is 5.29. The van der Waals surface area contributed by atoms with Crippen molar-refractivity contribution in [2.24, 2.45) is 0 Å². The van der Waals surface area contributed by atoms with Crippen LogP contribution in [0.1, 0.15) is 32.4 Å². The third kappa shape index (κ3) is 4.68. The minimum absolute atomic E-state index is 0.0858. The van der Waals surface area contributed by atoms with Crippen molar-refractivity contribution in [1.29, 1.82) is 0 Å². The fraction of sp³-hybridized carbons (Fsp3) is 0.222. The monoisotopic (exact) mass is 464 g/mol. The lowest BCUT2D eigenvalue weighted by Crippen LogP contribution is -2.24. The van der Waals surface area contributed by atoms with E-state index >= 15 is 0 Å². The van der Waals surface area contributed by atoms with Crippen molar-refractivity contribution in [3.8, 4) is 17.1 Å². The third-order valence-electron chi connectivity index (χ3n) is 6.07. The summed E-state index contributed by atoms with van der Waals surface area (Å²) in [4.78, 5) is 25.1. The summed E-state index contributed by atoms with van der Waals surface area (Å²) in [6.45, 7) is 8.04. The van der Waals surface area contributed by atoms with Crippen molar-refractivity contribution in [1.82, 2.24) is 29.5 Å². The molecule has 0 unspecified atom stereocenters. The van der Waals surface area contributed by atoms with Crippen LogP contribution in [0.15, 0.2) is 79.4 Å². The second-order valence-corrected chi connectivity index (χ2v) is 8.25. The van der Waals surface area contributed by atoms with Crippen molar-refractivity contribution in [2.45, 2.75) is 26.8 Å². The van der Waals surface area contributed by atoms with E-state index in [2.05, 4.69) is 76.3 Å². The van der Waals surface area contributed by atoms with E-state index in [1.807, 2.05) is 41.1 Å². The molecule has 3 aromatic heterocycles. The lowest BCUT2D eigenvalue weighted by Gasteiger charge is -2.18. The number of aromatic nitrogens is 6. The normalized spacial score (nSPS) is 12.0. The molecule has 0 fully saturated rings. The Morgan fingerprint density at radius 2 is 1.69 bits per heavy atom. The molecule has 1 atom stereocenters. The molecular formula is C27H28N8. The number of imidazole rings is 1. The van der Waals surface area contributed by atoms with Gasteiger partial charge in [-0.05, 0) is 50.6 Å². The molecule has 0 aliphatic rings. The van der Waals surface area contributed by atoms with E-state index in [4.69, 9.17) is 9.97 Å². The highest BCUT2D eigenvalue weighted by Gasteiger charge is 2.12. The molecule has 2 aromatic carbocycles. The number of fused-ring (bicyclic) bond motifs is 1. The van der Waals surface area contributed by atoms with Crippen molar-refractivity contribution < 1.29 is 0 Å². The highest BCUT2D eigenvalue weighted by atomic mass is 15.2. The molecule has 35 heavy (non-hydrogen) atoms. The van der Waals surface area contributed by atoms with Gasteiger partial charge in [0.15, 0.2) is 0 Å². The molecule has 0 saturated carbocycles. The zero-order valence-electron chi connectivity index (χ0n) is 20.1. The van der Waals surface area contributed by atoms with E-state index in [1.54, 1.807) is 12.5 Å². The predicted molar refractivity (Wildman–Crippen MR) is 140 cm³/mol. The number of hydrogen-bond donors (Lipinski definition) is 1. The van der Waals surface area contributed by atoms with Crippen molar-refractivity contribution in [3.63, 3.8) is 0 Å². The summed E-state index contributed by atoms with van der Waals surface area (Å²) < 4.78 is 1.97. The van der Waals surface area contributed by atoms with Gasteiger partial charge in [-0.25, -0.2) is 19.9 Å².